The molecule has 2 heterocycles. The highest BCUT2D eigenvalue weighted by molar-refractivity contribution is 5.98. The van der Waals surface area contributed by atoms with Crippen molar-refractivity contribution >= 4 is 11.9 Å². The zero-order chi connectivity index (χ0) is 15.4. The molecule has 8 nitrogen and oxygen atoms in total. The zero-order valence-corrected chi connectivity index (χ0v) is 11.8. The molecule has 1 aliphatic heterocycles. The van der Waals surface area contributed by atoms with E-state index in [1.165, 1.54) is 12.1 Å². The molecular formula is C13H20N6O2. The third-order valence-electron chi connectivity index (χ3n) is 3.02. The lowest BCUT2D eigenvalue weighted by Crippen LogP contribution is -2.51. The maximum absolute atomic E-state index is 9.84. The fourth-order valence-corrected chi connectivity index (χ4v) is 1.98. The van der Waals surface area contributed by atoms with Crippen molar-refractivity contribution in [3.63, 3.8) is 0 Å². The molecule has 0 saturated heterocycles. The highest BCUT2D eigenvalue weighted by Crippen LogP contribution is 2.23. The van der Waals surface area contributed by atoms with Gasteiger partial charge in [-0.2, -0.15) is 4.99 Å². The summed E-state index contributed by atoms with van der Waals surface area (Å²) < 4.78 is 1.16. The Morgan fingerprint density at radius 2 is 1.95 bits per heavy atom. The topological polar surface area (TPSA) is 125 Å². The van der Waals surface area contributed by atoms with Gasteiger partial charge in [-0.15, -0.1) is 0 Å². The Morgan fingerprint density at radius 1 is 1.29 bits per heavy atom. The molecule has 0 spiro atoms. The number of hydrogen-bond acceptors (Lipinski definition) is 7. The van der Waals surface area contributed by atoms with Gasteiger partial charge in [0, 0.05) is 18.7 Å². The molecule has 1 unspecified atom stereocenters. The summed E-state index contributed by atoms with van der Waals surface area (Å²) in [6.07, 6.45) is 5.24. The van der Waals surface area contributed by atoms with Gasteiger partial charge in [-0.3, -0.25) is 5.73 Å². The van der Waals surface area contributed by atoms with Gasteiger partial charge >= 0.3 is 0 Å². The number of guanidine groups is 1. The summed E-state index contributed by atoms with van der Waals surface area (Å²) in [5, 5.41) is 19.7. The van der Waals surface area contributed by atoms with Crippen molar-refractivity contribution in [2.24, 2.45) is 21.5 Å². The molecule has 2 rings (SSSR count). The Bertz CT molecular complexity index is 570. The number of aliphatic imine (C=N–C) groups is 2. The van der Waals surface area contributed by atoms with Gasteiger partial charge in [0.2, 0.25) is 23.7 Å². The Morgan fingerprint density at radius 3 is 2.57 bits per heavy atom. The molecular weight excluding hydrogens is 272 g/mol. The fraction of sp³-hybridized carbons (Fsp3) is 0.385. The van der Waals surface area contributed by atoms with Crippen LogP contribution in [0.4, 0.5) is 0 Å². The summed E-state index contributed by atoms with van der Waals surface area (Å²) in [4.78, 5) is 9.69. The predicted molar refractivity (Wildman–Crippen MR) is 80.9 cm³/mol. The molecule has 0 saturated carbocycles. The van der Waals surface area contributed by atoms with Crippen molar-refractivity contribution in [3.05, 3.63) is 24.3 Å². The molecule has 21 heavy (non-hydrogen) atoms. The number of nitrogens with zero attached hydrogens (tertiary/aromatic N) is 4. The van der Waals surface area contributed by atoms with Crippen LogP contribution in [0.25, 0.3) is 0 Å². The third-order valence-corrected chi connectivity index (χ3v) is 3.02. The fourth-order valence-electron chi connectivity index (χ4n) is 1.98. The molecule has 1 aromatic heterocycles. The standard InChI is InChI=1S/C13H20N6O2/c1-2-3-4-5-8-18-12(15)16-11(14)17-13(18)19-9(20)6-7-10(19)21/h4-7,12,20-21H,2-3,8,15H2,1H3,(H2,14,16). The molecule has 0 fully saturated rings. The van der Waals surface area contributed by atoms with Gasteiger partial charge < -0.3 is 20.8 Å². The first-order chi connectivity index (χ1) is 10.0. The number of allylic oxidation sites excluding steroid dienone is 1. The van der Waals surface area contributed by atoms with Crippen molar-refractivity contribution in [2.75, 3.05) is 6.54 Å². The molecule has 6 N–H and O–H groups in total. The molecule has 114 valence electrons. The molecule has 0 bridgehead atoms. The van der Waals surface area contributed by atoms with Crippen LogP contribution in [0.3, 0.4) is 0 Å². The predicted octanol–water partition coefficient (Wildman–Crippen LogP) is 0.332. The van der Waals surface area contributed by atoms with Crippen LogP contribution in [0.15, 0.2) is 34.3 Å². The third kappa shape index (κ3) is 3.16. The van der Waals surface area contributed by atoms with Crippen LogP contribution >= 0.6 is 0 Å². The molecule has 1 aliphatic rings. The average molecular weight is 292 g/mol. The first kappa shape index (κ1) is 14.9. The van der Waals surface area contributed by atoms with E-state index in [-0.39, 0.29) is 23.7 Å². The minimum atomic E-state index is -0.732. The van der Waals surface area contributed by atoms with E-state index in [0.717, 1.165) is 17.4 Å². The van der Waals surface area contributed by atoms with E-state index in [4.69, 9.17) is 11.5 Å². The van der Waals surface area contributed by atoms with Crippen LogP contribution in [0, 0.1) is 0 Å². The van der Waals surface area contributed by atoms with Crippen molar-refractivity contribution in [1.29, 1.82) is 0 Å². The van der Waals surface area contributed by atoms with Gasteiger partial charge in [-0.1, -0.05) is 25.5 Å². The van der Waals surface area contributed by atoms with E-state index in [0.29, 0.717) is 6.54 Å². The molecule has 1 aromatic rings. The lowest BCUT2D eigenvalue weighted by molar-refractivity contribution is 0.324. The highest BCUT2D eigenvalue weighted by Gasteiger charge is 2.26. The van der Waals surface area contributed by atoms with E-state index in [1.807, 2.05) is 12.2 Å². The average Bonchev–Trinajstić information content (AvgIpc) is 2.75. The summed E-state index contributed by atoms with van der Waals surface area (Å²) in [5.74, 6) is -0.0821. The first-order valence-electron chi connectivity index (χ1n) is 6.73. The van der Waals surface area contributed by atoms with Crippen LogP contribution < -0.4 is 11.5 Å². The van der Waals surface area contributed by atoms with E-state index in [1.54, 1.807) is 4.90 Å². The summed E-state index contributed by atoms with van der Waals surface area (Å²) in [5.41, 5.74) is 11.6. The van der Waals surface area contributed by atoms with Gasteiger partial charge in [-0.05, 0) is 6.42 Å². The number of aromatic nitrogens is 1. The van der Waals surface area contributed by atoms with Gasteiger partial charge in [0.15, 0.2) is 6.29 Å². The molecule has 8 heteroatoms. The lowest BCUT2D eigenvalue weighted by atomic mass is 10.3. The van der Waals surface area contributed by atoms with Crippen molar-refractivity contribution in [2.45, 2.75) is 26.1 Å². The van der Waals surface area contributed by atoms with Crippen molar-refractivity contribution in [3.8, 4) is 11.8 Å². The second kappa shape index (κ2) is 6.31. The van der Waals surface area contributed by atoms with Crippen LogP contribution in [0.1, 0.15) is 19.8 Å². The largest absolute Gasteiger partial charge is 0.494 e. The van der Waals surface area contributed by atoms with E-state index in [2.05, 4.69) is 16.9 Å². The number of rotatable bonds is 4. The SMILES string of the molecule is CCCC=CCN1C(n2c(O)ccc2O)=NC(N)=NC1N. The maximum Gasteiger partial charge on any atom is 0.221 e. The summed E-state index contributed by atoms with van der Waals surface area (Å²) in [7, 11) is 0. The van der Waals surface area contributed by atoms with Crippen molar-refractivity contribution in [1.82, 2.24) is 9.47 Å². The summed E-state index contributed by atoms with van der Waals surface area (Å²) in [6.45, 7) is 2.53. The minimum Gasteiger partial charge on any atom is -0.494 e. The minimum absolute atomic E-state index is 0.00112. The molecule has 0 radical (unpaired) electrons. The first-order valence-corrected chi connectivity index (χ1v) is 6.73. The Kier molecular flexibility index (Phi) is 4.49. The Hall–Kier alpha value is -2.48. The van der Waals surface area contributed by atoms with Crippen LogP contribution in [0.5, 0.6) is 11.8 Å². The van der Waals surface area contributed by atoms with Crippen LogP contribution in [-0.4, -0.2) is 44.4 Å². The summed E-state index contributed by atoms with van der Waals surface area (Å²) >= 11 is 0. The quantitative estimate of drug-likeness (QED) is 0.595. The van der Waals surface area contributed by atoms with Crippen molar-refractivity contribution < 1.29 is 10.2 Å². The Balaban J connectivity index is 2.31. The van der Waals surface area contributed by atoms with Gasteiger partial charge in [0.25, 0.3) is 0 Å². The van der Waals surface area contributed by atoms with E-state index >= 15 is 0 Å². The van der Waals surface area contributed by atoms with E-state index < -0.39 is 6.29 Å². The van der Waals surface area contributed by atoms with Crippen LogP contribution in [0.2, 0.25) is 0 Å². The van der Waals surface area contributed by atoms with Gasteiger partial charge in [0.1, 0.15) is 0 Å². The highest BCUT2D eigenvalue weighted by atomic mass is 16.3. The second-order valence-electron chi connectivity index (χ2n) is 4.61. The molecule has 0 amide bonds. The number of aromatic hydroxyl groups is 2. The van der Waals surface area contributed by atoms with Crippen LogP contribution in [-0.2, 0) is 0 Å². The lowest BCUT2D eigenvalue weighted by Gasteiger charge is -2.31. The van der Waals surface area contributed by atoms with E-state index in [9.17, 15) is 10.2 Å². The van der Waals surface area contributed by atoms with Gasteiger partial charge in [0.05, 0.1) is 0 Å². The smallest absolute Gasteiger partial charge is 0.221 e. The Labute approximate surface area is 122 Å². The normalized spacial score (nSPS) is 19.0. The molecule has 0 aliphatic carbocycles. The monoisotopic (exact) mass is 292 g/mol. The maximum atomic E-state index is 9.84. The summed E-state index contributed by atoms with van der Waals surface area (Å²) in [6, 6.07) is 2.72. The number of unbranched alkanes of at least 4 members (excludes halogenated alkanes) is 1. The molecule has 0 aromatic carbocycles. The molecule has 1 atom stereocenters. The zero-order valence-electron chi connectivity index (χ0n) is 11.8. The second-order valence-corrected chi connectivity index (χ2v) is 4.61. The van der Waals surface area contributed by atoms with Gasteiger partial charge in [-0.25, -0.2) is 9.56 Å². The number of nitrogens with two attached hydrogens (primary N) is 2. The number of hydrogen-bond donors (Lipinski definition) is 4.